The molecule has 1 heterocycles. The third-order valence-electron chi connectivity index (χ3n) is 4.79. The Balaban J connectivity index is 2.12. The fraction of sp³-hybridized carbons (Fsp3) is 0.600. The first-order valence-electron chi connectivity index (χ1n) is 8.42. The molecule has 1 aromatic heterocycles. The number of fused-ring (bicyclic) bond motifs is 1. The normalized spacial score (nSPS) is 20.6. The molecule has 0 aromatic carbocycles. The van der Waals surface area contributed by atoms with E-state index in [4.69, 9.17) is 4.42 Å². The number of furan rings is 1. The van der Waals surface area contributed by atoms with Crippen molar-refractivity contribution >= 4 is 0 Å². The van der Waals surface area contributed by atoms with Crippen molar-refractivity contribution in [1.82, 2.24) is 0 Å². The highest BCUT2D eigenvalue weighted by Crippen LogP contribution is 2.37. The van der Waals surface area contributed by atoms with Crippen molar-refractivity contribution in [1.29, 1.82) is 0 Å². The van der Waals surface area contributed by atoms with E-state index >= 15 is 0 Å². The largest absolute Gasteiger partial charge is 0.472 e. The summed E-state index contributed by atoms with van der Waals surface area (Å²) < 4.78 is 5.54. The van der Waals surface area contributed by atoms with Crippen LogP contribution in [0.1, 0.15) is 76.8 Å². The van der Waals surface area contributed by atoms with Crippen LogP contribution in [0.25, 0.3) is 0 Å². The van der Waals surface area contributed by atoms with Gasteiger partial charge in [0.05, 0.1) is 12.5 Å². The van der Waals surface area contributed by atoms with Gasteiger partial charge in [-0.25, -0.2) is 0 Å². The molecule has 0 radical (unpaired) electrons. The summed E-state index contributed by atoms with van der Waals surface area (Å²) in [5.74, 6) is 1.36. The first kappa shape index (κ1) is 16.1. The molecule has 2 rings (SSSR count). The molecular formula is C20H30O. The van der Waals surface area contributed by atoms with E-state index < -0.39 is 0 Å². The van der Waals surface area contributed by atoms with Crippen LogP contribution >= 0.6 is 0 Å². The van der Waals surface area contributed by atoms with Crippen LogP contribution < -0.4 is 0 Å². The maximum Gasteiger partial charge on any atom is 0.0940 e. The topological polar surface area (TPSA) is 13.1 Å². The molecule has 21 heavy (non-hydrogen) atoms. The fourth-order valence-corrected chi connectivity index (χ4v) is 3.40. The maximum atomic E-state index is 5.54. The van der Waals surface area contributed by atoms with Gasteiger partial charge in [-0.15, -0.1) is 0 Å². The van der Waals surface area contributed by atoms with E-state index in [1.165, 1.54) is 42.4 Å². The van der Waals surface area contributed by atoms with Gasteiger partial charge in [0.2, 0.25) is 0 Å². The predicted molar refractivity (Wildman–Crippen MR) is 90.6 cm³/mol. The minimum absolute atomic E-state index is 0.644. The quantitative estimate of drug-likeness (QED) is 0.582. The molecule has 1 aliphatic rings. The summed E-state index contributed by atoms with van der Waals surface area (Å²) in [6, 6.07) is 0. The predicted octanol–water partition coefficient (Wildman–Crippen LogP) is 6.42. The molecule has 1 heteroatoms. The zero-order valence-corrected chi connectivity index (χ0v) is 14.1. The van der Waals surface area contributed by atoms with Crippen LogP contribution in [0.15, 0.2) is 40.2 Å². The third-order valence-corrected chi connectivity index (χ3v) is 4.79. The molecular weight excluding hydrogens is 256 g/mol. The van der Waals surface area contributed by atoms with Gasteiger partial charge in [-0.05, 0) is 82.3 Å². The molecule has 0 spiro atoms. The molecule has 0 fully saturated rings. The summed E-state index contributed by atoms with van der Waals surface area (Å²) in [5, 5.41) is 0. The van der Waals surface area contributed by atoms with Gasteiger partial charge in [-0.1, -0.05) is 30.2 Å². The van der Waals surface area contributed by atoms with Crippen molar-refractivity contribution in [2.24, 2.45) is 5.92 Å². The van der Waals surface area contributed by atoms with Gasteiger partial charge in [0.15, 0.2) is 0 Å². The van der Waals surface area contributed by atoms with Crippen LogP contribution in [-0.4, -0.2) is 0 Å². The highest BCUT2D eigenvalue weighted by molar-refractivity contribution is 5.27. The summed E-state index contributed by atoms with van der Waals surface area (Å²) in [6.07, 6.45) is 16.0. The van der Waals surface area contributed by atoms with Crippen LogP contribution in [0.4, 0.5) is 0 Å². The number of hydrogen-bond acceptors (Lipinski definition) is 1. The number of rotatable bonds is 4. The second-order valence-corrected chi connectivity index (χ2v) is 6.92. The molecule has 116 valence electrons. The molecule has 1 aromatic rings. The summed E-state index contributed by atoms with van der Waals surface area (Å²) in [7, 11) is 0. The van der Waals surface area contributed by atoms with Gasteiger partial charge >= 0.3 is 0 Å². The highest BCUT2D eigenvalue weighted by Gasteiger charge is 2.23. The minimum atomic E-state index is 0.644. The molecule has 0 bridgehead atoms. The van der Waals surface area contributed by atoms with Gasteiger partial charge in [-0.2, -0.15) is 0 Å². The van der Waals surface area contributed by atoms with Crippen LogP contribution in [0, 0.1) is 5.92 Å². The lowest BCUT2D eigenvalue weighted by Gasteiger charge is -2.24. The Hall–Kier alpha value is -1.24. The molecule has 0 saturated carbocycles. The van der Waals surface area contributed by atoms with E-state index in [9.17, 15) is 0 Å². The van der Waals surface area contributed by atoms with E-state index in [0.717, 1.165) is 12.8 Å². The van der Waals surface area contributed by atoms with Crippen molar-refractivity contribution in [2.75, 3.05) is 0 Å². The molecule has 0 aliphatic heterocycles. The molecule has 0 N–H and O–H groups in total. The Bertz CT molecular complexity index is 500. The van der Waals surface area contributed by atoms with E-state index in [-0.39, 0.29) is 0 Å². The lowest BCUT2D eigenvalue weighted by molar-refractivity contribution is 0.405. The van der Waals surface area contributed by atoms with Gasteiger partial charge in [0, 0.05) is 0 Å². The van der Waals surface area contributed by atoms with Gasteiger partial charge in [0.1, 0.15) is 0 Å². The minimum Gasteiger partial charge on any atom is -0.472 e. The zero-order valence-electron chi connectivity index (χ0n) is 14.1. The lowest BCUT2D eigenvalue weighted by atomic mass is 9.80. The SMILES string of the molecule is CC(C)=CCC[C@@H](C)[C@H]1CCC(C)=CCCc2cocc21. The number of aryl methyl sites for hydroxylation is 1. The number of hydrogen-bond donors (Lipinski definition) is 0. The lowest BCUT2D eigenvalue weighted by Crippen LogP contribution is -2.11. The average molecular weight is 286 g/mol. The summed E-state index contributed by atoms with van der Waals surface area (Å²) in [6.45, 7) is 9.07. The average Bonchev–Trinajstić information content (AvgIpc) is 2.87. The summed E-state index contributed by atoms with van der Waals surface area (Å²) >= 11 is 0. The first-order chi connectivity index (χ1) is 10.1. The van der Waals surface area contributed by atoms with E-state index in [0.29, 0.717) is 11.8 Å². The highest BCUT2D eigenvalue weighted by atomic mass is 16.3. The Morgan fingerprint density at radius 1 is 1.33 bits per heavy atom. The Kier molecular flexibility index (Phi) is 5.90. The van der Waals surface area contributed by atoms with E-state index in [1.54, 1.807) is 5.57 Å². The Labute approximate surface area is 130 Å². The third kappa shape index (κ3) is 4.62. The Morgan fingerprint density at radius 2 is 2.14 bits per heavy atom. The van der Waals surface area contributed by atoms with Gasteiger partial charge < -0.3 is 4.42 Å². The van der Waals surface area contributed by atoms with Crippen molar-refractivity contribution < 1.29 is 4.42 Å². The van der Waals surface area contributed by atoms with Crippen molar-refractivity contribution in [3.05, 3.63) is 47.0 Å². The van der Waals surface area contributed by atoms with Gasteiger partial charge in [-0.3, -0.25) is 0 Å². The Morgan fingerprint density at radius 3 is 2.90 bits per heavy atom. The van der Waals surface area contributed by atoms with E-state index in [1.807, 2.05) is 12.5 Å². The van der Waals surface area contributed by atoms with Crippen LogP contribution in [0.3, 0.4) is 0 Å². The van der Waals surface area contributed by atoms with Crippen LogP contribution in [0.5, 0.6) is 0 Å². The van der Waals surface area contributed by atoms with Crippen molar-refractivity contribution in [3.8, 4) is 0 Å². The van der Waals surface area contributed by atoms with Crippen molar-refractivity contribution in [3.63, 3.8) is 0 Å². The summed E-state index contributed by atoms with van der Waals surface area (Å²) in [5.41, 5.74) is 5.89. The van der Waals surface area contributed by atoms with Crippen LogP contribution in [-0.2, 0) is 6.42 Å². The molecule has 0 saturated heterocycles. The second kappa shape index (κ2) is 7.68. The smallest absolute Gasteiger partial charge is 0.0940 e. The molecule has 2 atom stereocenters. The molecule has 0 unspecified atom stereocenters. The van der Waals surface area contributed by atoms with Crippen molar-refractivity contribution in [2.45, 2.75) is 72.1 Å². The zero-order chi connectivity index (χ0) is 15.2. The maximum absolute atomic E-state index is 5.54. The fourth-order valence-electron chi connectivity index (χ4n) is 3.40. The molecule has 0 amide bonds. The molecule has 1 aliphatic carbocycles. The second-order valence-electron chi connectivity index (χ2n) is 6.92. The van der Waals surface area contributed by atoms with Crippen LogP contribution in [0.2, 0.25) is 0 Å². The van der Waals surface area contributed by atoms with Gasteiger partial charge in [0.25, 0.3) is 0 Å². The first-order valence-corrected chi connectivity index (χ1v) is 8.42. The monoisotopic (exact) mass is 286 g/mol. The number of allylic oxidation sites excluding steroid dienone is 4. The van der Waals surface area contributed by atoms with E-state index in [2.05, 4.69) is 39.8 Å². The molecule has 1 nitrogen and oxygen atoms in total. The summed E-state index contributed by atoms with van der Waals surface area (Å²) in [4.78, 5) is 0. The standard InChI is InChI=1S/C20H30O/c1-15(2)7-5-9-17(4)19-12-11-16(3)8-6-10-18-13-21-14-20(18)19/h7-8,13-14,17,19H,5-6,9-12H2,1-4H3/t17-,19-/m1/s1.